The summed E-state index contributed by atoms with van der Waals surface area (Å²) in [4.78, 5) is 16.3. The van der Waals surface area contributed by atoms with E-state index < -0.39 is 0 Å². The van der Waals surface area contributed by atoms with Crippen LogP contribution in [0.3, 0.4) is 0 Å². The third-order valence-corrected chi connectivity index (χ3v) is 6.24. The van der Waals surface area contributed by atoms with Gasteiger partial charge in [-0.3, -0.25) is 9.69 Å². The highest BCUT2D eigenvalue weighted by molar-refractivity contribution is 7.99. The number of anilines is 1. The largest absolute Gasteiger partial charge is 0.484 e. The molecule has 31 heavy (non-hydrogen) atoms. The number of carbonyl (C=O) groups is 1. The molecule has 154 valence electrons. The van der Waals surface area contributed by atoms with Crippen LogP contribution in [0.1, 0.15) is 11.6 Å². The molecule has 8 heteroatoms. The Kier molecular flexibility index (Phi) is 5.37. The van der Waals surface area contributed by atoms with Crippen molar-refractivity contribution in [3.63, 3.8) is 0 Å². The zero-order valence-corrected chi connectivity index (χ0v) is 17.4. The first kappa shape index (κ1) is 19.3. The quantitative estimate of drug-likeness (QED) is 0.479. The molecule has 1 amide bonds. The van der Waals surface area contributed by atoms with Gasteiger partial charge >= 0.3 is 0 Å². The van der Waals surface area contributed by atoms with E-state index in [9.17, 15) is 4.79 Å². The summed E-state index contributed by atoms with van der Waals surface area (Å²) in [6, 6.07) is 25.4. The van der Waals surface area contributed by atoms with Crippen molar-refractivity contribution in [2.75, 3.05) is 17.3 Å². The predicted molar refractivity (Wildman–Crippen MR) is 118 cm³/mol. The normalized spacial score (nSPS) is 15.4. The minimum atomic E-state index is -0.0776. The number of nitrogens with zero attached hydrogens (tertiary/aromatic N) is 5. The summed E-state index contributed by atoms with van der Waals surface area (Å²) in [5.41, 5.74) is 2.86. The number of carbonyl (C=O) groups excluding carboxylic acids is 1. The van der Waals surface area contributed by atoms with Crippen LogP contribution >= 0.6 is 11.8 Å². The summed E-state index contributed by atoms with van der Waals surface area (Å²) in [6.07, 6.45) is 1.52. The Labute approximate surface area is 183 Å². The Hall–Kier alpha value is -3.65. The molecule has 5 rings (SSSR count). The molecule has 1 aliphatic rings. The van der Waals surface area contributed by atoms with Gasteiger partial charge in [-0.2, -0.15) is 0 Å². The Morgan fingerprint density at radius 1 is 1.00 bits per heavy atom. The van der Waals surface area contributed by atoms with Crippen molar-refractivity contribution >= 4 is 23.4 Å². The summed E-state index contributed by atoms with van der Waals surface area (Å²) in [6.45, 7) is -0.0490. The Bertz CT molecular complexity index is 1170. The topological polar surface area (TPSA) is 73.1 Å². The molecule has 1 aliphatic heterocycles. The van der Waals surface area contributed by atoms with Crippen LogP contribution < -0.4 is 9.64 Å². The first-order valence-electron chi connectivity index (χ1n) is 9.85. The van der Waals surface area contributed by atoms with E-state index in [0.717, 1.165) is 27.6 Å². The van der Waals surface area contributed by atoms with Gasteiger partial charge in [0.2, 0.25) is 0 Å². The van der Waals surface area contributed by atoms with Crippen LogP contribution in [0.4, 0.5) is 5.69 Å². The second-order valence-electron chi connectivity index (χ2n) is 7.01. The molecule has 0 fully saturated rings. The smallest absolute Gasteiger partial charge is 0.265 e. The van der Waals surface area contributed by atoms with Gasteiger partial charge in [0.1, 0.15) is 12.1 Å². The molecule has 0 radical (unpaired) electrons. The number of rotatable bonds is 5. The maximum atomic E-state index is 13.3. The van der Waals surface area contributed by atoms with Gasteiger partial charge in [-0.1, -0.05) is 42.5 Å². The van der Waals surface area contributed by atoms with Gasteiger partial charge in [-0.05, 0) is 52.4 Å². The minimum Gasteiger partial charge on any atom is -0.484 e. The van der Waals surface area contributed by atoms with E-state index in [-0.39, 0.29) is 18.6 Å². The highest BCUT2D eigenvalue weighted by atomic mass is 32.2. The Balaban J connectivity index is 1.36. The van der Waals surface area contributed by atoms with Crippen LogP contribution in [0.5, 0.6) is 5.75 Å². The first-order valence-corrected chi connectivity index (χ1v) is 10.8. The Morgan fingerprint density at radius 3 is 2.55 bits per heavy atom. The monoisotopic (exact) mass is 429 g/mol. The van der Waals surface area contributed by atoms with Crippen LogP contribution in [0.25, 0.3) is 5.69 Å². The number of tetrazole rings is 1. The maximum Gasteiger partial charge on any atom is 0.265 e. The third-order valence-electron chi connectivity index (χ3n) is 5.10. The summed E-state index contributed by atoms with van der Waals surface area (Å²) in [5.74, 6) is 1.33. The lowest BCUT2D eigenvalue weighted by Gasteiger charge is -2.37. The van der Waals surface area contributed by atoms with Crippen molar-refractivity contribution in [3.8, 4) is 11.4 Å². The van der Waals surface area contributed by atoms with E-state index in [1.807, 2.05) is 53.4 Å². The highest BCUT2D eigenvalue weighted by Crippen LogP contribution is 2.43. The Morgan fingerprint density at radius 2 is 1.77 bits per heavy atom. The molecular weight excluding hydrogens is 410 g/mol. The van der Waals surface area contributed by atoms with Gasteiger partial charge in [0, 0.05) is 10.6 Å². The molecule has 0 aliphatic carbocycles. The number of para-hydroxylation sites is 1. The van der Waals surface area contributed by atoms with Crippen molar-refractivity contribution in [1.82, 2.24) is 20.2 Å². The van der Waals surface area contributed by atoms with Gasteiger partial charge in [0.05, 0.1) is 17.4 Å². The first-order chi connectivity index (χ1) is 15.3. The van der Waals surface area contributed by atoms with Gasteiger partial charge in [0.25, 0.3) is 5.91 Å². The maximum absolute atomic E-state index is 13.3. The van der Waals surface area contributed by atoms with E-state index >= 15 is 0 Å². The van der Waals surface area contributed by atoms with Gasteiger partial charge < -0.3 is 4.74 Å². The molecule has 0 saturated carbocycles. The van der Waals surface area contributed by atoms with E-state index in [1.165, 1.54) is 6.33 Å². The van der Waals surface area contributed by atoms with E-state index in [4.69, 9.17) is 4.74 Å². The second-order valence-corrected chi connectivity index (χ2v) is 8.07. The van der Waals surface area contributed by atoms with E-state index in [0.29, 0.717) is 5.75 Å². The van der Waals surface area contributed by atoms with Crippen molar-refractivity contribution in [1.29, 1.82) is 0 Å². The molecule has 3 aromatic carbocycles. The zero-order valence-electron chi connectivity index (χ0n) is 16.5. The number of hydrogen-bond donors (Lipinski definition) is 0. The number of hydrogen-bond acceptors (Lipinski definition) is 6. The second kappa shape index (κ2) is 8.61. The molecule has 0 N–H and O–H groups in total. The van der Waals surface area contributed by atoms with Gasteiger partial charge in [-0.25, -0.2) is 4.68 Å². The molecule has 1 atom stereocenters. The molecule has 4 aromatic rings. The lowest BCUT2D eigenvalue weighted by Crippen LogP contribution is -2.41. The number of fused-ring (bicyclic) bond motifs is 1. The zero-order chi connectivity index (χ0) is 21.0. The highest BCUT2D eigenvalue weighted by Gasteiger charge is 2.32. The number of thioether (sulfide) groups is 1. The number of amides is 1. The fourth-order valence-corrected chi connectivity index (χ4v) is 4.78. The average molecular weight is 430 g/mol. The molecule has 0 spiro atoms. The van der Waals surface area contributed by atoms with Crippen molar-refractivity contribution in [2.24, 2.45) is 0 Å². The van der Waals surface area contributed by atoms with Crippen LogP contribution in [-0.2, 0) is 4.79 Å². The number of aromatic nitrogens is 4. The van der Waals surface area contributed by atoms with Crippen LogP contribution in [0, 0.1) is 0 Å². The molecule has 0 saturated heterocycles. The molecule has 7 nitrogen and oxygen atoms in total. The van der Waals surface area contributed by atoms with Gasteiger partial charge in [0.15, 0.2) is 6.61 Å². The number of benzene rings is 3. The van der Waals surface area contributed by atoms with Crippen molar-refractivity contribution < 1.29 is 9.53 Å². The lowest BCUT2D eigenvalue weighted by atomic mass is 10.1. The predicted octanol–water partition coefficient (Wildman–Crippen LogP) is 3.92. The third kappa shape index (κ3) is 4.02. The fourth-order valence-electron chi connectivity index (χ4n) is 3.61. The molecule has 2 heterocycles. The van der Waals surface area contributed by atoms with E-state index in [2.05, 4.69) is 33.7 Å². The average Bonchev–Trinajstić information content (AvgIpc) is 3.38. The van der Waals surface area contributed by atoms with Crippen molar-refractivity contribution in [2.45, 2.75) is 10.9 Å². The molecule has 1 unspecified atom stereocenters. The summed E-state index contributed by atoms with van der Waals surface area (Å²) in [7, 11) is 0. The molecule has 1 aromatic heterocycles. The lowest BCUT2D eigenvalue weighted by molar-refractivity contribution is -0.121. The van der Waals surface area contributed by atoms with E-state index in [1.54, 1.807) is 28.6 Å². The summed E-state index contributed by atoms with van der Waals surface area (Å²) in [5, 5.41) is 11.1. The van der Waals surface area contributed by atoms with Gasteiger partial charge in [-0.15, -0.1) is 16.9 Å². The molecule has 0 bridgehead atoms. The summed E-state index contributed by atoms with van der Waals surface area (Å²) < 4.78 is 7.39. The fraction of sp³-hybridized carbons (Fsp3) is 0.130. The number of ether oxygens (including phenoxy) is 1. The van der Waals surface area contributed by atoms with Crippen LogP contribution in [0.15, 0.2) is 90.1 Å². The molecular formula is C23H19N5O2S. The SMILES string of the molecule is O=C(COc1ccc(-n2cnnn2)cc1)N1c2ccccc2SCC1c1ccccc1. The standard InChI is InChI=1S/C23H19N5O2S/c29-23(14-30-19-12-10-18(11-13-19)27-16-24-25-26-27)28-20-8-4-5-9-22(20)31-15-21(28)17-6-2-1-3-7-17/h1-13,16,21H,14-15H2. The minimum absolute atomic E-state index is 0.0422. The summed E-state index contributed by atoms with van der Waals surface area (Å²) >= 11 is 1.77. The van der Waals surface area contributed by atoms with Crippen LogP contribution in [-0.4, -0.2) is 38.5 Å². The van der Waals surface area contributed by atoms with Crippen molar-refractivity contribution in [3.05, 3.63) is 90.8 Å². The van der Waals surface area contributed by atoms with Crippen LogP contribution in [0.2, 0.25) is 0 Å².